The molecule has 2 heterocycles. The van der Waals surface area contributed by atoms with Crippen molar-refractivity contribution >= 4 is 51.8 Å². The quantitative estimate of drug-likeness (QED) is 0.232. The van der Waals surface area contributed by atoms with E-state index in [1.807, 2.05) is 42.5 Å². The zero-order chi connectivity index (χ0) is 25.3. The maximum atomic E-state index is 11.2. The van der Waals surface area contributed by atoms with E-state index in [0.29, 0.717) is 9.88 Å². The first-order valence-electron chi connectivity index (χ1n) is 11.3. The lowest BCUT2D eigenvalue weighted by Gasteiger charge is -2.27. The van der Waals surface area contributed by atoms with E-state index in [-0.39, 0.29) is 5.57 Å². The summed E-state index contributed by atoms with van der Waals surface area (Å²) in [6.07, 6.45) is 2.93. The van der Waals surface area contributed by atoms with Crippen molar-refractivity contribution in [2.45, 2.75) is 19.3 Å². The number of benzene rings is 3. The lowest BCUT2D eigenvalue weighted by atomic mass is 9.81. The number of nitrogens with zero attached hydrogens (tertiary/aromatic N) is 4. The molecule has 3 aromatic carbocycles. The number of carboxylic acids is 1. The molecule has 0 spiro atoms. The Kier molecular flexibility index (Phi) is 5.96. The number of hydrogen-bond acceptors (Lipinski definition) is 6. The van der Waals surface area contributed by atoms with Gasteiger partial charge >= 0.3 is 5.97 Å². The predicted octanol–water partition coefficient (Wildman–Crippen LogP) is 7.02. The Balaban J connectivity index is 1.53. The van der Waals surface area contributed by atoms with Gasteiger partial charge in [0.2, 0.25) is 0 Å². The number of hydrogen-bond donors (Lipinski definition) is 1. The first-order valence-corrected chi connectivity index (χ1v) is 12.2. The van der Waals surface area contributed by atoms with E-state index in [1.165, 1.54) is 17.4 Å². The molecule has 0 aliphatic carbocycles. The summed E-state index contributed by atoms with van der Waals surface area (Å²) in [4.78, 5) is 23.4. The van der Waals surface area contributed by atoms with Gasteiger partial charge in [-0.15, -0.1) is 11.3 Å². The van der Waals surface area contributed by atoms with Crippen LogP contribution in [-0.4, -0.2) is 21.8 Å². The molecule has 36 heavy (non-hydrogen) atoms. The Morgan fingerprint density at radius 2 is 1.64 bits per heavy atom. The van der Waals surface area contributed by atoms with Crippen molar-refractivity contribution in [3.8, 4) is 6.07 Å². The SMILES string of the molecule is CC1(C)C(c2ncc(/C=C(/C#N)C(=O)O)s2)=Nc2ccc(N(c3ccccc3)c3ccccc3)cc21. The van der Waals surface area contributed by atoms with E-state index in [1.54, 1.807) is 12.3 Å². The minimum Gasteiger partial charge on any atom is -0.477 e. The molecule has 0 saturated carbocycles. The zero-order valence-corrected chi connectivity index (χ0v) is 20.5. The number of para-hydroxylation sites is 2. The second-order valence-corrected chi connectivity index (χ2v) is 9.90. The summed E-state index contributed by atoms with van der Waals surface area (Å²) in [7, 11) is 0. The number of aliphatic imine (C=N–C) groups is 1. The van der Waals surface area contributed by atoms with Crippen molar-refractivity contribution in [1.29, 1.82) is 5.26 Å². The fourth-order valence-electron chi connectivity index (χ4n) is 4.31. The number of thiazole rings is 1. The van der Waals surface area contributed by atoms with Crippen molar-refractivity contribution in [1.82, 2.24) is 4.98 Å². The molecule has 1 N–H and O–H groups in total. The largest absolute Gasteiger partial charge is 0.477 e. The Bertz CT molecular complexity index is 1510. The maximum Gasteiger partial charge on any atom is 0.346 e. The van der Waals surface area contributed by atoms with Crippen LogP contribution in [0, 0.1) is 11.3 Å². The van der Waals surface area contributed by atoms with Crippen LogP contribution in [-0.2, 0) is 10.2 Å². The minimum atomic E-state index is -1.26. The van der Waals surface area contributed by atoms with E-state index < -0.39 is 11.4 Å². The fourth-order valence-corrected chi connectivity index (χ4v) is 5.32. The normalized spacial score (nSPS) is 14.0. The molecular weight excluding hydrogens is 468 g/mol. The molecule has 1 aliphatic heterocycles. The number of fused-ring (bicyclic) bond motifs is 1. The number of aromatic nitrogens is 1. The van der Waals surface area contributed by atoms with Crippen LogP contribution in [0.25, 0.3) is 6.08 Å². The van der Waals surface area contributed by atoms with Gasteiger partial charge in [-0.2, -0.15) is 5.26 Å². The molecule has 0 atom stereocenters. The number of carbonyl (C=O) groups is 1. The van der Waals surface area contributed by atoms with Crippen LogP contribution in [0.15, 0.2) is 95.6 Å². The summed E-state index contributed by atoms with van der Waals surface area (Å²) in [5.74, 6) is -1.26. The molecule has 176 valence electrons. The van der Waals surface area contributed by atoms with Gasteiger partial charge in [-0.3, -0.25) is 0 Å². The van der Waals surface area contributed by atoms with Gasteiger partial charge in [0.25, 0.3) is 0 Å². The number of anilines is 3. The number of aliphatic carboxylic acids is 1. The summed E-state index contributed by atoms with van der Waals surface area (Å²) < 4.78 is 0. The standard InChI is InChI=1S/C29H22N4O2S/c1-29(2)24-16-22(33(20-9-5-3-6-10-20)21-11-7-4-8-12-21)13-14-25(24)32-26(29)27-31-18-23(36-27)15-19(17-30)28(34)35/h3-16,18H,1-2H3,(H,34,35)/b19-15-. The van der Waals surface area contributed by atoms with Crippen LogP contribution < -0.4 is 4.90 Å². The van der Waals surface area contributed by atoms with E-state index in [4.69, 9.17) is 15.4 Å². The van der Waals surface area contributed by atoms with Gasteiger partial charge in [0.15, 0.2) is 0 Å². The van der Waals surface area contributed by atoms with Gasteiger partial charge in [-0.1, -0.05) is 36.4 Å². The second-order valence-electron chi connectivity index (χ2n) is 8.84. The smallest absolute Gasteiger partial charge is 0.346 e. The number of carboxylic acid groups (broad SMARTS) is 1. The van der Waals surface area contributed by atoms with Crippen LogP contribution in [0.2, 0.25) is 0 Å². The molecule has 0 saturated heterocycles. The third-order valence-corrected chi connectivity index (χ3v) is 7.08. The molecule has 4 aromatic rings. The lowest BCUT2D eigenvalue weighted by Crippen LogP contribution is -2.26. The van der Waals surface area contributed by atoms with Gasteiger partial charge in [0, 0.05) is 33.6 Å². The average Bonchev–Trinajstić information content (AvgIpc) is 3.45. The van der Waals surface area contributed by atoms with Crippen molar-refractivity contribution in [2.24, 2.45) is 4.99 Å². The summed E-state index contributed by atoms with van der Waals surface area (Å²) in [6, 6.07) is 28.5. The van der Waals surface area contributed by atoms with Crippen LogP contribution in [0.1, 0.15) is 29.3 Å². The summed E-state index contributed by atoms with van der Waals surface area (Å²) >= 11 is 1.33. The van der Waals surface area contributed by atoms with Gasteiger partial charge in [-0.05, 0) is 68.0 Å². The summed E-state index contributed by atoms with van der Waals surface area (Å²) in [6.45, 7) is 4.23. The molecule has 0 fully saturated rings. The summed E-state index contributed by atoms with van der Waals surface area (Å²) in [5.41, 5.74) is 5.18. The molecular formula is C29H22N4O2S. The van der Waals surface area contributed by atoms with Crippen molar-refractivity contribution in [3.05, 3.63) is 106 Å². The highest BCUT2D eigenvalue weighted by molar-refractivity contribution is 7.14. The third kappa shape index (κ3) is 4.19. The van der Waals surface area contributed by atoms with Crippen molar-refractivity contribution in [3.63, 3.8) is 0 Å². The first kappa shape index (κ1) is 23.2. The molecule has 6 nitrogen and oxygen atoms in total. The van der Waals surface area contributed by atoms with Crippen LogP contribution in [0.3, 0.4) is 0 Å². The Morgan fingerprint density at radius 3 is 2.22 bits per heavy atom. The maximum absolute atomic E-state index is 11.2. The van der Waals surface area contributed by atoms with Gasteiger partial charge in [0.05, 0.1) is 11.4 Å². The van der Waals surface area contributed by atoms with Crippen molar-refractivity contribution < 1.29 is 9.90 Å². The molecule has 0 radical (unpaired) electrons. The van der Waals surface area contributed by atoms with E-state index in [9.17, 15) is 4.79 Å². The first-order chi connectivity index (χ1) is 17.4. The minimum absolute atomic E-state index is 0.326. The highest BCUT2D eigenvalue weighted by Crippen LogP contribution is 2.46. The monoisotopic (exact) mass is 490 g/mol. The second kappa shape index (κ2) is 9.25. The highest BCUT2D eigenvalue weighted by Gasteiger charge is 2.38. The lowest BCUT2D eigenvalue weighted by molar-refractivity contribution is -0.132. The van der Waals surface area contributed by atoms with Crippen LogP contribution in [0.5, 0.6) is 0 Å². The Morgan fingerprint density at radius 1 is 1.00 bits per heavy atom. The van der Waals surface area contributed by atoms with E-state index in [2.05, 4.69) is 60.1 Å². The molecule has 1 aliphatic rings. The zero-order valence-electron chi connectivity index (χ0n) is 19.7. The van der Waals surface area contributed by atoms with Gasteiger partial charge < -0.3 is 10.0 Å². The fraction of sp³-hybridized carbons (Fsp3) is 0.103. The summed E-state index contributed by atoms with van der Waals surface area (Å²) in [5, 5.41) is 18.9. The molecule has 0 unspecified atom stereocenters. The predicted molar refractivity (Wildman–Crippen MR) is 144 cm³/mol. The Labute approximate surface area is 213 Å². The average molecular weight is 491 g/mol. The van der Waals surface area contributed by atoms with Crippen LogP contribution in [0.4, 0.5) is 22.7 Å². The van der Waals surface area contributed by atoms with Crippen molar-refractivity contribution in [2.75, 3.05) is 4.90 Å². The molecule has 1 aromatic heterocycles. The van der Waals surface area contributed by atoms with E-state index >= 15 is 0 Å². The van der Waals surface area contributed by atoms with Crippen LogP contribution >= 0.6 is 11.3 Å². The molecule has 7 heteroatoms. The molecule has 0 bridgehead atoms. The molecule has 5 rings (SSSR count). The number of rotatable bonds is 6. The number of nitriles is 1. The van der Waals surface area contributed by atoms with E-state index in [0.717, 1.165) is 34.0 Å². The molecule has 0 amide bonds. The highest BCUT2D eigenvalue weighted by atomic mass is 32.1. The third-order valence-electron chi connectivity index (χ3n) is 6.13. The Hall–Kier alpha value is -4.54. The van der Waals surface area contributed by atoms with Gasteiger partial charge in [0.1, 0.15) is 16.6 Å². The topological polar surface area (TPSA) is 89.6 Å². The van der Waals surface area contributed by atoms with Gasteiger partial charge in [-0.25, -0.2) is 14.8 Å².